The van der Waals surface area contributed by atoms with Crippen LogP contribution < -0.4 is 16.4 Å². The summed E-state index contributed by atoms with van der Waals surface area (Å²) in [5.74, 6) is 0.318. The van der Waals surface area contributed by atoms with Gasteiger partial charge < -0.3 is 25.5 Å². The minimum Gasteiger partial charge on any atom is -0.459 e. The van der Waals surface area contributed by atoms with Gasteiger partial charge in [0.15, 0.2) is 11.7 Å². The van der Waals surface area contributed by atoms with Gasteiger partial charge in [0, 0.05) is 18.8 Å². The van der Waals surface area contributed by atoms with E-state index in [-0.39, 0.29) is 17.7 Å². The first-order chi connectivity index (χ1) is 11.6. The van der Waals surface area contributed by atoms with Gasteiger partial charge in [0.2, 0.25) is 0 Å². The summed E-state index contributed by atoms with van der Waals surface area (Å²) in [6.45, 7) is 2.91. The van der Waals surface area contributed by atoms with Gasteiger partial charge in [-0.05, 0) is 36.8 Å². The fourth-order valence-electron chi connectivity index (χ4n) is 2.11. The normalized spacial score (nSPS) is 12.7. The lowest BCUT2D eigenvalue weighted by atomic mass is 10.2. The number of ether oxygens (including phenoxy) is 1. The number of nitrogens with zero attached hydrogens (tertiary/aromatic N) is 1. The molecule has 1 amide bonds. The van der Waals surface area contributed by atoms with E-state index in [1.54, 1.807) is 25.3 Å². The van der Waals surface area contributed by atoms with Gasteiger partial charge in [-0.2, -0.15) is 0 Å². The second kappa shape index (κ2) is 8.73. The van der Waals surface area contributed by atoms with Gasteiger partial charge in [-0.15, -0.1) is 0 Å². The van der Waals surface area contributed by atoms with Crippen LogP contribution in [0, 0.1) is 0 Å². The van der Waals surface area contributed by atoms with E-state index in [9.17, 15) is 4.79 Å². The number of aliphatic imine (C=N–C) groups is 1. The number of anilines is 1. The summed E-state index contributed by atoms with van der Waals surface area (Å²) in [7, 11) is 1.63. The third-order valence-corrected chi connectivity index (χ3v) is 3.17. The molecule has 0 spiro atoms. The Kier molecular flexibility index (Phi) is 6.39. The maximum Gasteiger partial charge on any atom is 0.291 e. The molecule has 1 unspecified atom stereocenters. The number of nitrogens with two attached hydrogens (primary N) is 1. The van der Waals surface area contributed by atoms with Gasteiger partial charge in [0.1, 0.15) is 0 Å². The number of guanidine groups is 1. The van der Waals surface area contributed by atoms with Gasteiger partial charge in [0.05, 0.1) is 19.4 Å². The number of amides is 1. The van der Waals surface area contributed by atoms with Crippen molar-refractivity contribution in [2.45, 2.75) is 19.5 Å². The largest absolute Gasteiger partial charge is 0.459 e. The summed E-state index contributed by atoms with van der Waals surface area (Å²) < 4.78 is 10.1. The molecule has 1 aromatic heterocycles. The lowest BCUT2D eigenvalue weighted by molar-refractivity contribution is 0.0996. The van der Waals surface area contributed by atoms with E-state index in [2.05, 4.69) is 15.6 Å². The van der Waals surface area contributed by atoms with Crippen molar-refractivity contribution in [1.29, 1.82) is 0 Å². The third-order valence-electron chi connectivity index (χ3n) is 3.17. The predicted octanol–water partition coefficient (Wildman–Crippen LogP) is 1.97. The Morgan fingerprint density at radius 3 is 2.92 bits per heavy atom. The second-order valence-electron chi connectivity index (χ2n) is 5.33. The number of hydrogen-bond acceptors (Lipinski definition) is 4. The number of carbonyl (C=O) groups is 1. The van der Waals surface area contributed by atoms with Crippen molar-refractivity contribution in [2.24, 2.45) is 10.7 Å². The highest BCUT2D eigenvalue weighted by Crippen LogP contribution is 2.13. The molecule has 0 saturated carbocycles. The van der Waals surface area contributed by atoms with Crippen LogP contribution in [0.15, 0.2) is 52.1 Å². The number of carbonyl (C=O) groups excluding carboxylic acids is 1. The van der Waals surface area contributed by atoms with Crippen molar-refractivity contribution in [3.63, 3.8) is 0 Å². The summed E-state index contributed by atoms with van der Waals surface area (Å²) in [5, 5.41) is 5.81. The molecule has 128 valence electrons. The first-order valence-electron chi connectivity index (χ1n) is 7.57. The van der Waals surface area contributed by atoms with Crippen molar-refractivity contribution in [2.75, 3.05) is 19.0 Å². The molecular weight excluding hydrogens is 308 g/mol. The Balaban J connectivity index is 1.94. The molecule has 2 aromatic rings. The third kappa shape index (κ3) is 5.44. The smallest absolute Gasteiger partial charge is 0.291 e. The summed E-state index contributed by atoms with van der Waals surface area (Å²) in [5.41, 5.74) is 7.43. The van der Waals surface area contributed by atoms with E-state index in [4.69, 9.17) is 14.9 Å². The van der Waals surface area contributed by atoms with Crippen LogP contribution in [0.3, 0.4) is 0 Å². The molecule has 24 heavy (non-hydrogen) atoms. The van der Waals surface area contributed by atoms with Gasteiger partial charge in [0.25, 0.3) is 5.91 Å². The quantitative estimate of drug-likeness (QED) is 0.532. The number of hydrogen-bond donors (Lipinski definition) is 3. The number of rotatable bonds is 7. The average molecular weight is 330 g/mol. The Morgan fingerprint density at radius 1 is 1.38 bits per heavy atom. The molecule has 7 nitrogen and oxygen atoms in total. The molecule has 0 aliphatic rings. The Bertz CT molecular complexity index is 683. The molecule has 1 aromatic carbocycles. The van der Waals surface area contributed by atoms with Crippen LogP contribution in [0.1, 0.15) is 23.0 Å². The van der Waals surface area contributed by atoms with Gasteiger partial charge in [-0.3, -0.25) is 4.79 Å². The maximum atomic E-state index is 12.0. The van der Waals surface area contributed by atoms with Crippen molar-refractivity contribution >= 4 is 17.6 Å². The lowest BCUT2D eigenvalue weighted by Gasteiger charge is -2.13. The Labute approximate surface area is 140 Å². The molecule has 0 bridgehead atoms. The van der Waals surface area contributed by atoms with Crippen LogP contribution in [0.5, 0.6) is 0 Å². The maximum absolute atomic E-state index is 12.0. The van der Waals surface area contributed by atoms with E-state index >= 15 is 0 Å². The van der Waals surface area contributed by atoms with Crippen molar-refractivity contribution in [3.05, 3.63) is 54.0 Å². The molecule has 7 heteroatoms. The fraction of sp³-hybridized carbons (Fsp3) is 0.294. The zero-order valence-electron chi connectivity index (χ0n) is 13.8. The molecule has 1 heterocycles. The summed E-state index contributed by atoms with van der Waals surface area (Å²) in [6.07, 6.45) is 1.46. The highest BCUT2D eigenvalue weighted by Gasteiger charge is 2.08. The topological polar surface area (TPSA) is 102 Å². The molecule has 4 N–H and O–H groups in total. The second-order valence-corrected chi connectivity index (χ2v) is 5.33. The monoisotopic (exact) mass is 330 g/mol. The van der Waals surface area contributed by atoms with Crippen molar-refractivity contribution in [1.82, 2.24) is 5.32 Å². The first-order valence-corrected chi connectivity index (χ1v) is 7.57. The molecule has 0 aliphatic heterocycles. The molecule has 0 radical (unpaired) electrons. The minimum absolute atomic E-state index is 0.0812. The summed E-state index contributed by atoms with van der Waals surface area (Å²) in [4.78, 5) is 16.2. The average Bonchev–Trinajstić information content (AvgIpc) is 3.08. The molecule has 0 fully saturated rings. The molecule has 0 aliphatic carbocycles. The van der Waals surface area contributed by atoms with Crippen molar-refractivity contribution < 1.29 is 13.9 Å². The number of nitrogens with one attached hydrogen (secondary N) is 2. The number of furan rings is 1. The zero-order valence-corrected chi connectivity index (χ0v) is 13.8. The number of methoxy groups -OCH3 is 1. The molecular formula is C17H22N4O3. The van der Waals surface area contributed by atoms with Crippen LogP contribution in [-0.2, 0) is 11.3 Å². The van der Waals surface area contributed by atoms with E-state index < -0.39 is 0 Å². The lowest BCUT2D eigenvalue weighted by Crippen LogP contribution is -2.40. The standard InChI is InChI=1S/C17H22N4O3/c1-12(11-23-2)20-17(18)19-10-13-5-3-6-14(9-13)21-16(22)15-7-4-8-24-15/h3-9,12H,10-11H2,1-2H3,(H,21,22)(H3,18,19,20). The van der Waals surface area contributed by atoms with Crippen LogP contribution in [-0.4, -0.2) is 31.6 Å². The van der Waals surface area contributed by atoms with Crippen LogP contribution >= 0.6 is 0 Å². The zero-order chi connectivity index (χ0) is 17.4. The first kappa shape index (κ1) is 17.6. The number of benzene rings is 1. The van der Waals surface area contributed by atoms with E-state index in [1.807, 2.05) is 25.1 Å². The van der Waals surface area contributed by atoms with Gasteiger partial charge in [-0.25, -0.2) is 4.99 Å². The molecule has 2 rings (SSSR count). The van der Waals surface area contributed by atoms with Crippen LogP contribution in [0.25, 0.3) is 0 Å². The fourth-order valence-corrected chi connectivity index (χ4v) is 2.11. The van der Waals surface area contributed by atoms with Crippen molar-refractivity contribution in [3.8, 4) is 0 Å². The summed E-state index contributed by atoms with van der Waals surface area (Å²) in [6, 6.07) is 10.8. The highest BCUT2D eigenvalue weighted by atomic mass is 16.5. The van der Waals surface area contributed by atoms with Crippen LogP contribution in [0.4, 0.5) is 5.69 Å². The van der Waals surface area contributed by atoms with Gasteiger partial charge in [-0.1, -0.05) is 12.1 Å². The Morgan fingerprint density at radius 2 is 2.21 bits per heavy atom. The van der Waals surface area contributed by atoms with E-state index in [1.165, 1.54) is 6.26 Å². The molecule has 0 saturated heterocycles. The SMILES string of the molecule is COCC(C)NC(N)=NCc1cccc(NC(=O)c2ccco2)c1. The van der Waals surface area contributed by atoms with E-state index in [0.29, 0.717) is 24.8 Å². The van der Waals surface area contributed by atoms with E-state index in [0.717, 1.165) is 5.56 Å². The molecule has 1 atom stereocenters. The van der Waals surface area contributed by atoms with Gasteiger partial charge >= 0.3 is 0 Å². The highest BCUT2D eigenvalue weighted by molar-refractivity contribution is 6.02. The minimum atomic E-state index is -0.296. The van der Waals surface area contributed by atoms with Crippen LogP contribution in [0.2, 0.25) is 0 Å². The summed E-state index contributed by atoms with van der Waals surface area (Å²) >= 11 is 0. The Hall–Kier alpha value is -2.80. The predicted molar refractivity (Wildman–Crippen MR) is 92.9 cm³/mol.